The second-order valence-electron chi connectivity index (χ2n) is 8.41. The Morgan fingerprint density at radius 2 is 1.88 bits per heavy atom. The summed E-state index contributed by atoms with van der Waals surface area (Å²) >= 11 is 2.26. The van der Waals surface area contributed by atoms with Crippen molar-refractivity contribution in [2.75, 3.05) is 0 Å². The quantitative estimate of drug-likeness (QED) is 0.483. The normalized spacial score (nSPS) is 29.5. The highest BCUT2D eigenvalue weighted by Gasteiger charge is 2.46. The number of ether oxygens (including phenoxy) is 1. The Kier molecular flexibility index (Phi) is 6.81. The maximum Gasteiger partial charge on any atom is 0.166 e. The largest absolute Gasteiger partial charge is 0.367 e. The summed E-state index contributed by atoms with van der Waals surface area (Å²) in [6.45, 7) is 6.74. The first-order valence-corrected chi connectivity index (χ1v) is 11.8. The van der Waals surface area contributed by atoms with Gasteiger partial charge in [0.25, 0.3) is 0 Å². The van der Waals surface area contributed by atoms with E-state index in [1.807, 2.05) is 39.0 Å². The summed E-state index contributed by atoms with van der Waals surface area (Å²) in [4.78, 5) is 0. The summed E-state index contributed by atoms with van der Waals surface area (Å²) in [5.41, 5.74) is 1.17. The van der Waals surface area contributed by atoms with E-state index in [2.05, 4.69) is 39.0 Å². The van der Waals surface area contributed by atoms with Gasteiger partial charge in [-0.2, -0.15) is 0 Å². The number of aliphatic hydroxyl groups is 1. The van der Waals surface area contributed by atoms with Crippen molar-refractivity contribution in [2.45, 2.75) is 80.1 Å². The second kappa shape index (κ2) is 8.55. The van der Waals surface area contributed by atoms with Crippen LogP contribution < -0.4 is 0 Å². The minimum atomic E-state index is -1.14. The zero-order chi connectivity index (χ0) is 18.9. The van der Waals surface area contributed by atoms with E-state index in [1.54, 1.807) is 0 Å². The van der Waals surface area contributed by atoms with Gasteiger partial charge < -0.3 is 9.84 Å². The molecular weight excluding hydrogens is 461 g/mol. The molecule has 5 unspecified atom stereocenters. The van der Waals surface area contributed by atoms with E-state index >= 15 is 0 Å². The lowest BCUT2D eigenvalue weighted by molar-refractivity contribution is -0.171. The van der Waals surface area contributed by atoms with Gasteiger partial charge in [-0.3, -0.25) is 0 Å². The number of rotatable bonds is 6. The molecule has 1 heterocycles. The summed E-state index contributed by atoms with van der Waals surface area (Å²) in [6.07, 6.45) is 3.38. The highest BCUT2D eigenvalue weighted by molar-refractivity contribution is 14.1. The van der Waals surface area contributed by atoms with Gasteiger partial charge in [-0.05, 0) is 57.9 Å². The lowest BCUT2D eigenvalue weighted by Crippen LogP contribution is -2.53. The van der Waals surface area contributed by atoms with E-state index in [4.69, 9.17) is 4.74 Å². The van der Waals surface area contributed by atoms with Crippen LogP contribution in [0.3, 0.4) is 0 Å². The van der Waals surface area contributed by atoms with Crippen LogP contribution in [0.25, 0.3) is 0 Å². The number of hydrogen-bond donors (Lipinski definition) is 1. The van der Waals surface area contributed by atoms with Gasteiger partial charge in [0.2, 0.25) is 0 Å². The van der Waals surface area contributed by atoms with E-state index in [0.29, 0.717) is 12.5 Å². The SMILES string of the molecule is CC(C)(C)S(=O)N(Cc1ccccc1)C(C1CC1)C1CCC(I)C(O)O1. The van der Waals surface area contributed by atoms with Gasteiger partial charge in [-0.1, -0.05) is 52.9 Å². The average Bonchev–Trinajstić information content (AvgIpc) is 3.42. The lowest BCUT2D eigenvalue weighted by atomic mass is 9.97. The first-order valence-electron chi connectivity index (χ1n) is 9.47. The monoisotopic (exact) mass is 491 g/mol. The van der Waals surface area contributed by atoms with E-state index in [9.17, 15) is 9.32 Å². The molecule has 1 aromatic carbocycles. The summed E-state index contributed by atoms with van der Waals surface area (Å²) < 4.78 is 21.4. The van der Waals surface area contributed by atoms with Crippen molar-refractivity contribution in [1.82, 2.24) is 4.31 Å². The maximum atomic E-state index is 13.4. The average molecular weight is 491 g/mol. The summed E-state index contributed by atoms with van der Waals surface area (Å²) in [5.74, 6) is 0.507. The molecular formula is C20H30INO3S. The fraction of sp³-hybridized carbons (Fsp3) is 0.700. The van der Waals surface area contributed by atoms with Gasteiger partial charge in [0.05, 0.1) is 20.8 Å². The van der Waals surface area contributed by atoms with Crippen molar-refractivity contribution in [3.63, 3.8) is 0 Å². The molecule has 146 valence electrons. The fourth-order valence-corrected chi connectivity index (χ4v) is 5.63. The van der Waals surface area contributed by atoms with Gasteiger partial charge in [0.15, 0.2) is 6.29 Å². The number of hydrogen-bond acceptors (Lipinski definition) is 3. The molecule has 1 saturated heterocycles. The molecule has 4 nitrogen and oxygen atoms in total. The number of aliphatic hydroxyl groups excluding tert-OH is 1. The molecule has 26 heavy (non-hydrogen) atoms. The summed E-state index contributed by atoms with van der Waals surface area (Å²) in [7, 11) is -1.14. The second-order valence-corrected chi connectivity index (χ2v) is 12.2. The van der Waals surface area contributed by atoms with E-state index in [-0.39, 0.29) is 20.8 Å². The smallest absolute Gasteiger partial charge is 0.166 e. The van der Waals surface area contributed by atoms with Crippen molar-refractivity contribution in [1.29, 1.82) is 0 Å². The molecule has 2 fully saturated rings. The fourth-order valence-electron chi connectivity index (χ4n) is 3.60. The predicted molar refractivity (Wildman–Crippen MR) is 114 cm³/mol. The molecule has 0 bridgehead atoms. The first-order chi connectivity index (χ1) is 12.3. The molecule has 0 amide bonds. The molecule has 5 atom stereocenters. The van der Waals surface area contributed by atoms with Gasteiger partial charge in [0, 0.05) is 6.54 Å². The van der Waals surface area contributed by atoms with Crippen LogP contribution in [0.5, 0.6) is 0 Å². The zero-order valence-corrected chi connectivity index (χ0v) is 18.8. The number of benzene rings is 1. The van der Waals surface area contributed by atoms with Crippen LogP contribution in [0, 0.1) is 5.92 Å². The molecule has 1 aromatic rings. The van der Waals surface area contributed by atoms with E-state index in [0.717, 1.165) is 25.7 Å². The Labute approximate surface area is 173 Å². The van der Waals surface area contributed by atoms with Crippen LogP contribution in [0.1, 0.15) is 52.0 Å². The van der Waals surface area contributed by atoms with Gasteiger partial charge in [0.1, 0.15) is 11.0 Å². The van der Waals surface area contributed by atoms with Crippen LogP contribution in [0.2, 0.25) is 0 Å². The zero-order valence-electron chi connectivity index (χ0n) is 15.8. The number of halogens is 1. The topological polar surface area (TPSA) is 49.8 Å². The molecule has 1 aliphatic carbocycles. The third-order valence-corrected chi connectivity index (χ3v) is 8.17. The van der Waals surface area contributed by atoms with Crippen LogP contribution >= 0.6 is 22.6 Å². The molecule has 1 aliphatic heterocycles. The predicted octanol–water partition coefficient (Wildman–Crippen LogP) is 4.03. The van der Waals surface area contributed by atoms with Gasteiger partial charge in [-0.25, -0.2) is 8.51 Å². The Hall–Kier alpha value is -0.0200. The molecule has 0 radical (unpaired) electrons. The van der Waals surface area contributed by atoms with Crippen molar-refractivity contribution in [3.05, 3.63) is 35.9 Å². The number of nitrogens with zero attached hydrogens (tertiary/aromatic N) is 1. The minimum Gasteiger partial charge on any atom is -0.367 e. The standard InChI is InChI=1S/C20H30INO3S/c1-20(2,3)26(24)22(13-14-7-5-4-6-8-14)18(15-9-10-15)17-12-11-16(21)19(23)25-17/h4-8,15-19,23H,9-13H2,1-3H3. The Morgan fingerprint density at radius 1 is 1.23 bits per heavy atom. The Balaban J connectivity index is 1.88. The molecule has 6 heteroatoms. The van der Waals surface area contributed by atoms with Crippen LogP contribution in [-0.4, -0.2) is 40.7 Å². The molecule has 0 spiro atoms. The maximum absolute atomic E-state index is 13.4. The Morgan fingerprint density at radius 3 is 2.42 bits per heavy atom. The molecule has 1 N–H and O–H groups in total. The van der Waals surface area contributed by atoms with E-state index in [1.165, 1.54) is 5.56 Å². The van der Waals surface area contributed by atoms with Crippen molar-refractivity contribution in [3.8, 4) is 0 Å². The third kappa shape index (κ3) is 5.07. The minimum absolute atomic E-state index is 0.0569. The van der Waals surface area contributed by atoms with Gasteiger partial charge >= 0.3 is 0 Å². The number of alkyl halides is 1. The van der Waals surface area contributed by atoms with Crippen LogP contribution in [-0.2, 0) is 22.3 Å². The summed E-state index contributed by atoms with van der Waals surface area (Å²) in [6, 6.07) is 10.3. The highest BCUT2D eigenvalue weighted by Crippen LogP contribution is 2.42. The molecule has 2 aliphatic rings. The molecule has 3 rings (SSSR count). The van der Waals surface area contributed by atoms with Crippen molar-refractivity contribution >= 4 is 33.6 Å². The third-order valence-electron chi connectivity index (χ3n) is 5.09. The summed E-state index contributed by atoms with van der Waals surface area (Å²) in [5, 5.41) is 10.2. The highest BCUT2D eigenvalue weighted by atomic mass is 127. The van der Waals surface area contributed by atoms with E-state index < -0.39 is 17.3 Å². The molecule has 1 saturated carbocycles. The van der Waals surface area contributed by atoms with Gasteiger partial charge in [-0.15, -0.1) is 0 Å². The van der Waals surface area contributed by atoms with Crippen molar-refractivity contribution in [2.24, 2.45) is 5.92 Å². The lowest BCUT2D eigenvalue weighted by Gasteiger charge is -2.42. The molecule has 0 aromatic heterocycles. The van der Waals surface area contributed by atoms with Crippen LogP contribution in [0.4, 0.5) is 0 Å². The first kappa shape index (κ1) is 20.7. The van der Waals surface area contributed by atoms with Crippen LogP contribution in [0.15, 0.2) is 30.3 Å². The van der Waals surface area contributed by atoms with Crippen molar-refractivity contribution < 1.29 is 14.1 Å². The Bertz CT molecular complexity index is 617.